The van der Waals surface area contributed by atoms with Crippen molar-refractivity contribution in [1.82, 2.24) is 5.43 Å². The Hall–Kier alpha value is -1.36. The lowest BCUT2D eigenvalue weighted by Crippen LogP contribution is -2.19. The van der Waals surface area contributed by atoms with Crippen molar-refractivity contribution in [1.29, 1.82) is 0 Å². The number of hydrazone groups is 1. The first-order valence-electron chi connectivity index (χ1n) is 5.44. The van der Waals surface area contributed by atoms with E-state index in [1.807, 2.05) is 17.5 Å². The Morgan fingerprint density at radius 2 is 2.21 bits per heavy atom. The maximum Gasteiger partial charge on any atom is 0.245 e. The van der Waals surface area contributed by atoms with Crippen LogP contribution in [-0.4, -0.2) is 12.1 Å². The molecule has 6 heteroatoms. The Morgan fingerprint density at radius 1 is 1.37 bits per heavy atom. The molecule has 2 rings (SSSR count). The number of carbonyl (C=O) groups is 1. The SMILES string of the molecule is O=C(Cc1cccs1)N/N=C/c1ccc(Cl)cc1Cl. The fraction of sp³-hybridized carbons (Fsp3) is 0.0769. The lowest BCUT2D eigenvalue weighted by atomic mass is 10.2. The van der Waals surface area contributed by atoms with E-state index in [9.17, 15) is 4.79 Å². The molecule has 0 radical (unpaired) electrons. The van der Waals surface area contributed by atoms with Crippen LogP contribution in [0, 0.1) is 0 Å². The molecule has 98 valence electrons. The number of hydrogen-bond donors (Lipinski definition) is 1. The lowest BCUT2D eigenvalue weighted by Gasteiger charge is -1.99. The van der Waals surface area contributed by atoms with Gasteiger partial charge in [-0.2, -0.15) is 5.10 Å². The third-order valence-corrected chi connectivity index (χ3v) is 3.71. The Bertz CT molecular complexity index is 597. The molecule has 0 unspecified atom stereocenters. The molecule has 1 heterocycles. The van der Waals surface area contributed by atoms with Gasteiger partial charge in [0.05, 0.1) is 17.7 Å². The normalized spacial score (nSPS) is 10.8. The molecule has 0 aliphatic rings. The zero-order valence-electron chi connectivity index (χ0n) is 9.77. The molecule has 0 saturated carbocycles. The summed E-state index contributed by atoms with van der Waals surface area (Å²) in [5, 5.41) is 6.84. The molecule has 0 fully saturated rings. The maximum atomic E-state index is 11.6. The van der Waals surface area contributed by atoms with E-state index >= 15 is 0 Å². The van der Waals surface area contributed by atoms with Gasteiger partial charge < -0.3 is 0 Å². The van der Waals surface area contributed by atoms with E-state index in [0.29, 0.717) is 22.0 Å². The Labute approximate surface area is 124 Å². The van der Waals surface area contributed by atoms with E-state index in [1.165, 1.54) is 17.6 Å². The summed E-state index contributed by atoms with van der Waals surface area (Å²) in [7, 11) is 0. The van der Waals surface area contributed by atoms with Crippen LogP contribution in [-0.2, 0) is 11.2 Å². The minimum Gasteiger partial charge on any atom is -0.273 e. The van der Waals surface area contributed by atoms with Gasteiger partial charge in [-0.3, -0.25) is 4.79 Å². The van der Waals surface area contributed by atoms with Crippen LogP contribution in [0.1, 0.15) is 10.4 Å². The molecule has 1 aromatic carbocycles. The molecule has 1 amide bonds. The highest BCUT2D eigenvalue weighted by molar-refractivity contribution is 7.10. The largest absolute Gasteiger partial charge is 0.273 e. The molecule has 0 spiro atoms. The van der Waals surface area contributed by atoms with E-state index in [-0.39, 0.29) is 5.91 Å². The van der Waals surface area contributed by atoms with Gasteiger partial charge in [0, 0.05) is 15.5 Å². The number of rotatable bonds is 4. The van der Waals surface area contributed by atoms with Gasteiger partial charge in [-0.1, -0.05) is 35.3 Å². The summed E-state index contributed by atoms with van der Waals surface area (Å²) in [6.07, 6.45) is 1.81. The maximum absolute atomic E-state index is 11.6. The Balaban J connectivity index is 1.91. The summed E-state index contributed by atoms with van der Waals surface area (Å²) in [6, 6.07) is 8.88. The number of amides is 1. The third-order valence-electron chi connectivity index (χ3n) is 2.27. The van der Waals surface area contributed by atoms with Crippen molar-refractivity contribution in [3.8, 4) is 0 Å². The first-order chi connectivity index (χ1) is 9.15. The van der Waals surface area contributed by atoms with Gasteiger partial charge in [-0.25, -0.2) is 5.43 Å². The van der Waals surface area contributed by atoms with E-state index in [4.69, 9.17) is 23.2 Å². The van der Waals surface area contributed by atoms with Gasteiger partial charge in [0.1, 0.15) is 0 Å². The average Bonchev–Trinajstić information content (AvgIpc) is 2.84. The van der Waals surface area contributed by atoms with E-state index < -0.39 is 0 Å². The van der Waals surface area contributed by atoms with Gasteiger partial charge in [-0.15, -0.1) is 11.3 Å². The van der Waals surface area contributed by atoms with Crippen LogP contribution >= 0.6 is 34.5 Å². The van der Waals surface area contributed by atoms with E-state index in [1.54, 1.807) is 18.2 Å². The van der Waals surface area contributed by atoms with Crippen molar-refractivity contribution in [3.63, 3.8) is 0 Å². The van der Waals surface area contributed by atoms with Crippen LogP contribution in [0.25, 0.3) is 0 Å². The molecular formula is C13H10Cl2N2OS. The summed E-state index contributed by atoms with van der Waals surface area (Å²) in [5.74, 6) is -0.163. The second kappa shape index (κ2) is 6.70. The van der Waals surface area contributed by atoms with Crippen LogP contribution in [0.5, 0.6) is 0 Å². The van der Waals surface area contributed by atoms with Crippen molar-refractivity contribution in [2.24, 2.45) is 5.10 Å². The molecule has 0 saturated heterocycles. The van der Waals surface area contributed by atoms with Gasteiger partial charge in [0.15, 0.2) is 0 Å². The minimum atomic E-state index is -0.163. The second-order valence-electron chi connectivity index (χ2n) is 3.72. The predicted molar refractivity (Wildman–Crippen MR) is 80.2 cm³/mol. The fourth-order valence-electron chi connectivity index (χ4n) is 1.39. The average molecular weight is 313 g/mol. The Kier molecular flexibility index (Phi) is 4.96. The van der Waals surface area contributed by atoms with Crippen LogP contribution in [0.3, 0.4) is 0 Å². The van der Waals surface area contributed by atoms with Crippen molar-refractivity contribution in [3.05, 3.63) is 56.2 Å². The molecule has 3 nitrogen and oxygen atoms in total. The topological polar surface area (TPSA) is 41.5 Å². The van der Waals surface area contributed by atoms with Crippen molar-refractivity contribution in [2.75, 3.05) is 0 Å². The van der Waals surface area contributed by atoms with Crippen molar-refractivity contribution >= 4 is 46.7 Å². The van der Waals surface area contributed by atoms with Gasteiger partial charge in [-0.05, 0) is 23.6 Å². The fourth-order valence-corrected chi connectivity index (χ4v) is 2.55. The number of carbonyl (C=O) groups excluding carboxylic acids is 1. The summed E-state index contributed by atoms with van der Waals surface area (Å²) < 4.78 is 0. The zero-order chi connectivity index (χ0) is 13.7. The van der Waals surface area contributed by atoms with Crippen LogP contribution in [0.15, 0.2) is 40.8 Å². The van der Waals surface area contributed by atoms with Gasteiger partial charge in [0.25, 0.3) is 0 Å². The highest BCUT2D eigenvalue weighted by atomic mass is 35.5. The van der Waals surface area contributed by atoms with Crippen molar-refractivity contribution in [2.45, 2.75) is 6.42 Å². The zero-order valence-corrected chi connectivity index (χ0v) is 12.1. The van der Waals surface area contributed by atoms with Crippen LogP contribution < -0.4 is 5.43 Å². The standard InChI is InChI=1S/C13H10Cl2N2OS/c14-10-4-3-9(12(15)6-10)8-16-17-13(18)7-11-2-1-5-19-11/h1-6,8H,7H2,(H,17,18)/b16-8+. The monoisotopic (exact) mass is 312 g/mol. The molecule has 0 bridgehead atoms. The molecule has 1 aromatic heterocycles. The quantitative estimate of drug-likeness (QED) is 0.678. The van der Waals surface area contributed by atoms with Crippen LogP contribution in [0.4, 0.5) is 0 Å². The number of thiophene rings is 1. The molecule has 2 aromatic rings. The molecule has 19 heavy (non-hydrogen) atoms. The minimum absolute atomic E-state index is 0.163. The number of halogens is 2. The Morgan fingerprint density at radius 3 is 2.89 bits per heavy atom. The van der Waals surface area contributed by atoms with Crippen LogP contribution in [0.2, 0.25) is 10.0 Å². The van der Waals surface area contributed by atoms with E-state index in [2.05, 4.69) is 10.5 Å². The summed E-state index contributed by atoms with van der Waals surface area (Å²) in [5.41, 5.74) is 3.15. The predicted octanol–water partition coefficient (Wildman–Crippen LogP) is 3.75. The third kappa shape index (κ3) is 4.35. The van der Waals surface area contributed by atoms with Crippen molar-refractivity contribution < 1.29 is 4.79 Å². The molecule has 0 atom stereocenters. The number of benzene rings is 1. The lowest BCUT2D eigenvalue weighted by molar-refractivity contribution is -0.120. The number of nitrogens with zero attached hydrogens (tertiary/aromatic N) is 1. The molecule has 0 aliphatic heterocycles. The van der Waals surface area contributed by atoms with Gasteiger partial charge in [0.2, 0.25) is 5.91 Å². The summed E-state index contributed by atoms with van der Waals surface area (Å²) in [6.45, 7) is 0. The molecule has 0 aliphatic carbocycles. The second-order valence-corrected chi connectivity index (χ2v) is 5.59. The highest BCUT2D eigenvalue weighted by Gasteiger charge is 2.02. The summed E-state index contributed by atoms with van der Waals surface area (Å²) in [4.78, 5) is 12.6. The van der Waals surface area contributed by atoms with E-state index in [0.717, 1.165) is 4.88 Å². The number of nitrogens with one attached hydrogen (secondary N) is 1. The first kappa shape index (κ1) is 14.1. The summed E-state index contributed by atoms with van der Waals surface area (Å²) >= 11 is 13.3. The smallest absolute Gasteiger partial charge is 0.245 e. The molecule has 1 N–H and O–H groups in total. The highest BCUT2D eigenvalue weighted by Crippen LogP contribution is 2.19. The first-order valence-corrected chi connectivity index (χ1v) is 7.08. The van der Waals surface area contributed by atoms with Gasteiger partial charge >= 0.3 is 0 Å². The number of hydrogen-bond acceptors (Lipinski definition) is 3. The molecular weight excluding hydrogens is 303 g/mol.